The van der Waals surface area contributed by atoms with Gasteiger partial charge in [0.15, 0.2) is 0 Å². The first-order valence-electron chi connectivity index (χ1n) is 6.81. The fraction of sp³-hybridized carbons (Fsp3) is 0.533. The van der Waals surface area contributed by atoms with Gasteiger partial charge in [-0.15, -0.1) is 0 Å². The molecule has 2 unspecified atom stereocenters. The highest BCUT2D eigenvalue weighted by molar-refractivity contribution is 5.88. The smallest absolute Gasteiger partial charge is 0.255 e. The van der Waals surface area contributed by atoms with Crippen molar-refractivity contribution in [2.75, 3.05) is 6.54 Å². The first-order chi connectivity index (χ1) is 9.37. The Morgan fingerprint density at radius 2 is 1.95 bits per heavy atom. The zero-order valence-corrected chi connectivity index (χ0v) is 12.0. The molecule has 1 amide bonds. The second kappa shape index (κ2) is 5.48. The van der Waals surface area contributed by atoms with Crippen LogP contribution in [-0.2, 0) is 4.79 Å². The predicted octanol–water partition coefficient (Wildman–Crippen LogP) is 2.86. The summed E-state index contributed by atoms with van der Waals surface area (Å²) in [6.45, 7) is 5.06. The lowest BCUT2D eigenvalue weighted by Crippen LogP contribution is -2.43. The van der Waals surface area contributed by atoms with Crippen molar-refractivity contribution in [2.24, 2.45) is 0 Å². The molecule has 20 heavy (non-hydrogen) atoms. The summed E-state index contributed by atoms with van der Waals surface area (Å²) in [7, 11) is 0. The SMILES string of the molecule is CCC1(C)NC(c2ccc(C)cc2)N(CC(F)F)C1=O. The molecule has 1 fully saturated rings. The molecule has 0 aliphatic carbocycles. The van der Waals surface area contributed by atoms with Crippen molar-refractivity contribution in [3.8, 4) is 0 Å². The summed E-state index contributed by atoms with van der Waals surface area (Å²) >= 11 is 0. The Kier molecular flexibility index (Phi) is 4.09. The molecule has 0 bridgehead atoms. The van der Waals surface area contributed by atoms with Crippen LogP contribution in [-0.4, -0.2) is 29.3 Å². The van der Waals surface area contributed by atoms with Crippen molar-refractivity contribution in [2.45, 2.75) is 45.3 Å². The van der Waals surface area contributed by atoms with Crippen LogP contribution in [0.1, 0.15) is 37.6 Å². The van der Waals surface area contributed by atoms with Gasteiger partial charge in [0.25, 0.3) is 6.43 Å². The normalized spacial score (nSPS) is 26.6. The Bertz CT molecular complexity index is 489. The number of rotatable bonds is 4. The minimum atomic E-state index is -2.53. The average molecular weight is 282 g/mol. The Morgan fingerprint density at radius 1 is 1.35 bits per heavy atom. The molecule has 110 valence electrons. The molecule has 1 heterocycles. The zero-order chi connectivity index (χ0) is 14.9. The molecule has 5 heteroatoms. The number of hydrogen-bond donors (Lipinski definition) is 1. The van der Waals surface area contributed by atoms with Crippen LogP contribution in [0, 0.1) is 6.92 Å². The molecule has 0 spiro atoms. The molecular formula is C15H20F2N2O. The Morgan fingerprint density at radius 3 is 2.45 bits per heavy atom. The molecule has 2 atom stereocenters. The van der Waals surface area contributed by atoms with Crippen molar-refractivity contribution >= 4 is 5.91 Å². The number of nitrogens with zero attached hydrogens (tertiary/aromatic N) is 1. The standard InChI is InChI=1S/C15H20F2N2O/c1-4-15(3)14(20)19(9-12(16)17)13(18-15)11-7-5-10(2)6-8-11/h5-8,12-13,18H,4,9H2,1-3H3. The maximum atomic E-state index is 12.7. The van der Waals surface area contributed by atoms with E-state index in [0.29, 0.717) is 6.42 Å². The molecule has 1 saturated heterocycles. The zero-order valence-electron chi connectivity index (χ0n) is 12.0. The molecule has 0 radical (unpaired) electrons. The average Bonchev–Trinajstić information content (AvgIpc) is 2.65. The van der Waals surface area contributed by atoms with Gasteiger partial charge in [0.1, 0.15) is 6.17 Å². The second-order valence-corrected chi connectivity index (χ2v) is 5.49. The van der Waals surface area contributed by atoms with E-state index in [1.165, 1.54) is 4.90 Å². The topological polar surface area (TPSA) is 32.3 Å². The summed E-state index contributed by atoms with van der Waals surface area (Å²) in [5.41, 5.74) is 1.16. The second-order valence-electron chi connectivity index (χ2n) is 5.49. The molecule has 2 rings (SSSR count). The van der Waals surface area contributed by atoms with Crippen LogP contribution in [0.5, 0.6) is 0 Å². The van der Waals surface area contributed by atoms with Gasteiger partial charge in [-0.1, -0.05) is 36.8 Å². The van der Waals surface area contributed by atoms with Gasteiger partial charge in [-0.2, -0.15) is 0 Å². The van der Waals surface area contributed by atoms with E-state index >= 15 is 0 Å². The molecule has 1 aromatic carbocycles. The van der Waals surface area contributed by atoms with Gasteiger partial charge in [0.05, 0.1) is 12.1 Å². The van der Waals surface area contributed by atoms with Gasteiger partial charge in [-0.25, -0.2) is 8.78 Å². The summed E-state index contributed by atoms with van der Waals surface area (Å²) < 4.78 is 25.5. The molecule has 1 N–H and O–H groups in total. The molecule has 3 nitrogen and oxygen atoms in total. The van der Waals surface area contributed by atoms with Crippen molar-refractivity contribution in [3.63, 3.8) is 0 Å². The number of benzene rings is 1. The number of aryl methyl sites for hydroxylation is 1. The summed E-state index contributed by atoms with van der Waals surface area (Å²) in [6, 6.07) is 7.59. The maximum Gasteiger partial charge on any atom is 0.255 e. The van der Waals surface area contributed by atoms with E-state index in [4.69, 9.17) is 0 Å². The number of halogens is 2. The number of carbonyl (C=O) groups excluding carboxylic acids is 1. The van der Waals surface area contributed by atoms with E-state index in [1.807, 2.05) is 38.1 Å². The molecule has 1 aliphatic rings. The number of nitrogens with one attached hydrogen (secondary N) is 1. The van der Waals surface area contributed by atoms with Crippen LogP contribution < -0.4 is 5.32 Å². The fourth-order valence-electron chi connectivity index (χ4n) is 2.48. The van der Waals surface area contributed by atoms with Gasteiger partial charge in [0.2, 0.25) is 5.91 Å². The van der Waals surface area contributed by atoms with Crippen molar-refractivity contribution in [1.82, 2.24) is 10.2 Å². The lowest BCUT2D eigenvalue weighted by atomic mass is 9.99. The number of hydrogen-bond acceptors (Lipinski definition) is 2. The van der Waals surface area contributed by atoms with E-state index in [-0.39, 0.29) is 5.91 Å². The van der Waals surface area contributed by atoms with Crippen LogP contribution in [0.25, 0.3) is 0 Å². The first kappa shape index (κ1) is 14.9. The van der Waals surface area contributed by atoms with Gasteiger partial charge < -0.3 is 4.90 Å². The van der Waals surface area contributed by atoms with Crippen molar-refractivity contribution in [3.05, 3.63) is 35.4 Å². The molecule has 1 aliphatic heterocycles. The lowest BCUT2D eigenvalue weighted by molar-refractivity contribution is -0.134. The largest absolute Gasteiger partial charge is 0.316 e. The van der Waals surface area contributed by atoms with Gasteiger partial charge in [0, 0.05) is 0 Å². The third-order valence-corrected chi connectivity index (χ3v) is 3.93. The number of carbonyl (C=O) groups is 1. The van der Waals surface area contributed by atoms with Gasteiger partial charge >= 0.3 is 0 Å². The summed E-state index contributed by atoms with van der Waals surface area (Å²) in [4.78, 5) is 13.6. The molecule has 0 aromatic heterocycles. The van der Waals surface area contributed by atoms with Crippen LogP contribution in [0.4, 0.5) is 8.78 Å². The predicted molar refractivity (Wildman–Crippen MR) is 73.5 cm³/mol. The summed E-state index contributed by atoms with van der Waals surface area (Å²) in [5.74, 6) is -0.258. The lowest BCUT2D eigenvalue weighted by Gasteiger charge is -2.24. The Hall–Kier alpha value is -1.49. The minimum Gasteiger partial charge on any atom is -0.316 e. The number of alkyl halides is 2. The van der Waals surface area contributed by atoms with E-state index < -0.39 is 24.7 Å². The third-order valence-electron chi connectivity index (χ3n) is 3.93. The van der Waals surface area contributed by atoms with Crippen molar-refractivity contribution < 1.29 is 13.6 Å². The highest BCUT2D eigenvalue weighted by Gasteiger charge is 2.47. The quantitative estimate of drug-likeness (QED) is 0.921. The summed E-state index contributed by atoms with van der Waals surface area (Å²) in [5, 5.41) is 3.20. The summed E-state index contributed by atoms with van der Waals surface area (Å²) in [6.07, 6.45) is -2.46. The van der Waals surface area contributed by atoms with Gasteiger partial charge in [-0.3, -0.25) is 10.1 Å². The van der Waals surface area contributed by atoms with E-state index in [1.54, 1.807) is 6.92 Å². The minimum absolute atomic E-state index is 0.258. The Labute approximate surface area is 118 Å². The van der Waals surface area contributed by atoms with Crippen LogP contribution in [0.2, 0.25) is 0 Å². The molecule has 0 saturated carbocycles. The first-order valence-corrected chi connectivity index (χ1v) is 6.81. The fourth-order valence-corrected chi connectivity index (χ4v) is 2.48. The van der Waals surface area contributed by atoms with Crippen LogP contribution in [0.15, 0.2) is 24.3 Å². The highest BCUT2D eigenvalue weighted by Crippen LogP contribution is 2.33. The third kappa shape index (κ3) is 2.68. The van der Waals surface area contributed by atoms with Crippen LogP contribution in [0.3, 0.4) is 0 Å². The van der Waals surface area contributed by atoms with Crippen LogP contribution >= 0.6 is 0 Å². The maximum absolute atomic E-state index is 12.7. The van der Waals surface area contributed by atoms with Gasteiger partial charge in [-0.05, 0) is 25.8 Å². The molecule has 1 aromatic rings. The van der Waals surface area contributed by atoms with E-state index in [0.717, 1.165) is 11.1 Å². The van der Waals surface area contributed by atoms with E-state index in [9.17, 15) is 13.6 Å². The Balaban J connectivity index is 2.33. The molecular weight excluding hydrogens is 262 g/mol. The van der Waals surface area contributed by atoms with Crippen molar-refractivity contribution in [1.29, 1.82) is 0 Å². The number of amides is 1. The highest BCUT2D eigenvalue weighted by atomic mass is 19.3. The monoisotopic (exact) mass is 282 g/mol. The van der Waals surface area contributed by atoms with E-state index in [2.05, 4.69) is 5.32 Å².